The molecule has 0 aromatic heterocycles. The standard InChI is InChI=1S/C13H30OSi/c1-6-9-10-14-15-13(11(4)7-2)12(5)8-3/h11-13H,6-10,15H2,1-5H3. The highest BCUT2D eigenvalue weighted by Gasteiger charge is 2.22. The maximum absolute atomic E-state index is 5.92. The van der Waals surface area contributed by atoms with Gasteiger partial charge in [0.2, 0.25) is 0 Å². The second kappa shape index (κ2) is 9.41. The summed E-state index contributed by atoms with van der Waals surface area (Å²) >= 11 is 0. The van der Waals surface area contributed by atoms with Gasteiger partial charge in [-0.15, -0.1) is 0 Å². The zero-order valence-corrected chi connectivity index (χ0v) is 12.8. The molecule has 0 aromatic rings. The molecule has 0 amide bonds. The van der Waals surface area contributed by atoms with Crippen molar-refractivity contribution in [2.24, 2.45) is 11.8 Å². The van der Waals surface area contributed by atoms with Crippen molar-refractivity contribution in [3.05, 3.63) is 0 Å². The van der Waals surface area contributed by atoms with Gasteiger partial charge < -0.3 is 4.43 Å². The topological polar surface area (TPSA) is 9.23 Å². The van der Waals surface area contributed by atoms with E-state index in [0.717, 1.165) is 24.0 Å². The Bertz CT molecular complexity index is 128. The summed E-state index contributed by atoms with van der Waals surface area (Å²) in [5, 5.41) is 0. The average molecular weight is 230 g/mol. The van der Waals surface area contributed by atoms with Crippen molar-refractivity contribution in [1.82, 2.24) is 0 Å². The first-order valence-electron chi connectivity index (χ1n) is 6.74. The molecule has 0 aliphatic rings. The van der Waals surface area contributed by atoms with Crippen molar-refractivity contribution in [2.45, 2.75) is 65.8 Å². The molecule has 0 saturated heterocycles. The van der Waals surface area contributed by atoms with Crippen LogP contribution >= 0.6 is 0 Å². The summed E-state index contributed by atoms with van der Waals surface area (Å²) in [5.74, 6) is 1.71. The lowest BCUT2D eigenvalue weighted by molar-refractivity contribution is 0.289. The minimum Gasteiger partial charge on any atom is -0.424 e. The third-order valence-corrected chi connectivity index (χ3v) is 6.22. The van der Waals surface area contributed by atoms with Crippen molar-refractivity contribution >= 4 is 9.76 Å². The smallest absolute Gasteiger partial charge is 0.165 e. The van der Waals surface area contributed by atoms with E-state index < -0.39 is 0 Å². The summed E-state index contributed by atoms with van der Waals surface area (Å²) in [6.45, 7) is 12.6. The molecule has 2 unspecified atom stereocenters. The van der Waals surface area contributed by atoms with Crippen LogP contribution in [0.1, 0.15) is 60.3 Å². The second-order valence-corrected chi connectivity index (χ2v) is 6.55. The number of unbranched alkanes of at least 4 members (excludes halogenated alkanes) is 1. The highest BCUT2D eigenvalue weighted by Crippen LogP contribution is 2.30. The van der Waals surface area contributed by atoms with E-state index in [1.165, 1.54) is 25.7 Å². The predicted molar refractivity (Wildman–Crippen MR) is 72.1 cm³/mol. The fourth-order valence-corrected chi connectivity index (χ4v) is 3.93. The molecule has 0 aliphatic carbocycles. The fraction of sp³-hybridized carbons (Fsp3) is 1.00. The fourth-order valence-electron chi connectivity index (χ4n) is 1.96. The molecule has 0 radical (unpaired) electrons. The van der Waals surface area contributed by atoms with E-state index in [1.54, 1.807) is 0 Å². The van der Waals surface area contributed by atoms with E-state index in [0.29, 0.717) is 0 Å². The van der Waals surface area contributed by atoms with E-state index in [-0.39, 0.29) is 9.76 Å². The Hall–Kier alpha value is 0.177. The molecule has 0 aliphatic heterocycles. The normalized spacial score (nSPS) is 18.2. The van der Waals surface area contributed by atoms with E-state index >= 15 is 0 Å². The molecule has 0 rings (SSSR count). The van der Waals surface area contributed by atoms with Crippen LogP contribution < -0.4 is 0 Å². The molecule has 92 valence electrons. The van der Waals surface area contributed by atoms with Gasteiger partial charge in [0.1, 0.15) is 0 Å². The Morgan fingerprint density at radius 1 is 1.00 bits per heavy atom. The van der Waals surface area contributed by atoms with E-state index in [4.69, 9.17) is 4.43 Å². The van der Waals surface area contributed by atoms with Crippen LogP contribution in [0.4, 0.5) is 0 Å². The van der Waals surface area contributed by atoms with Crippen molar-refractivity contribution in [2.75, 3.05) is 6.61 Å². The third kappa shape index (κ3) is 6.36. The summed E-state index contributed by atoms with van der Waals surface area (Å²) < 4.78 is 5.92. The lowest BCUT2D eigenvalue weighted by Crippen LogP contribution is -2.22. The number of rotatable bonds is 9. The maximum Gasteiger partial charge on any atom is 0.165 e. The summed E-state index contributed by atoms with van der Waals surface area (Å²) in [5.41, 5.74) is 0.886. The molecule has 15 heavy (non-hydrogen) atoms. The molecule has 0 N–H and O–H groups in total. The first-order valence-corrected chi connectivity index (χ1v) is 8.14. The van der Waals surface area contributed by atoms with Crippen LogP contribution in [-0.4, -0.2) is 16.4 Å². The van der Waals surface area contributed by atoms with Gasteiger partial charge in [0, 0.05) is 6.61 Å². The number of hydrogen-bond acceptors (Lipinski definition) is 1. The molecule has 0 bridgehead atoms. The highest BCUT2D eigenvalue weighted by molar-refractivity contribution is 6.29. The molecule has 0 spiro atoms. The molecule has 1 nitrogen and oxygen atoms in total. The highest BCUT2D eigenvalue weighted by atomic mass is 28.2. The van der Waals surface area contributed by atoms with Crippen LogP contribution in [0.25, 0.3) is 0 Å². The van der Waals surface area contributed by atoms with Crippen molar-refractivity contribution < 1.29 is 4.43 Å². The van der Waals surface area contributed by atoms with Crippen LogP contribution in [-0.2, 0) is 4.43 Å². The van der Waals surface area contributed by atoms with Gasteiger partial charge in [0.05, 0.1) is 0 Å². The lowest BCUT2D eigenvalue weighted by atomic mass is 9.93. The molecule has 2 atom stereocenters. The summed E-state index contributed by atoms with van der Waals surface area (Å²) in [6, 6.07) is 0. The van der Waals surface area contributed by atoms with Crippen molar-refractivity contribution in [3.8, 4) is 0 Å². The zero-order chi connectivity index (χ0) is 11.7. The molecular weight excluding hydrogens is 200 g/mol. The average Bonchev–Trinajstić information content (AvgIpc) is 2.27. The minimum atomic E-state index is -0.312. The Kier molecular flexibility index (Phi) is 9.52. The van der Waals surface area contributed by atoms with Crippen LogP contribution in [0.5, 0.6) is 0 Å². The quantitative estimate of drug-likeness (QED) is 0.433. The van der Waals surface area contributed by atoms with Crippen LogP contribution in [0.2, 0.25) is 5.54 Å². The van der Waals surface area contributed by atoms with Gasteiger partial charge in [0.25, 0.3) is 0 Å². The van der Waals surface area contributed by atoms with Gasteiger partial charge in [-0.1, -0.05) is 53.9 Å². The van der Waals surface area contributed by atoms with Crippen molar-refractivity contribution in [3.63, 3.8) is 0 Å². The third-order valence-electron chi connectivity index (χ3n) is 3.70. The Morgan fingerprint density at radius 2 is 1.53 bits per heavy atom. The molecule has 0 fully saturated rings. The predicted octanol–water partition coefficient (Wildman–Crippen LogP) is 3.77. The van der Waals surface area contributed by atoms with Gasteiger partial charge in [-0.3, -0.25) is 0 Å². The summed E-state index contributed by atoms with van der Waals surface area (Å²) in [7, 11) is -0.312. The van der Waals surface area contributed by atoms with Crippen LogP contribution in [0, 0.1) is 11.8 Å². The first-order chi connectivity index (χ1) is 7.17. The lowest BCUT2D eigenvalue weighted by Gasteiger charge is -2.27. The molecule has 0 heterocycles. The summed E-state index contributed by atoms with van der Waals surface area (Å²) in [4.78, 5) is 0. The van der Waals surface area contributed by atoms with Gasteiger partial charge in [-0.05, 0) is 23.8 Å². The van der Waals surface area contributed by atoms with Crippen molar-refractivity contribution in [1.29, 1.82) is 0 Å². The molecule has 0 aromatic carbocycles. The molecule has 2 heteroatoms. The van der Waals surface area contributed by atoms with Gasteiger partial charge >= 0.3 is 0 Å². The maximum atomic E-state index is 5.92. The monoisotopic (exact) mass is 230 g/mol. The Labute approximate surface area is 98.9 Å². The van der Waals surface area contributed by atoms with Crippen LogP contribution in [0.3, 0.4) is 0 Å². The first kappa shape index (κ1) is 15.2. The van der Waals surface area contributed by atoms with Crippen LogP contribution in [0.15, 0.2) is 0 Å². The molecule has 0 saturated carbocycles. The van der Waals surface area contributed by atoms with E-state index in [1.807, 2.05) is 0 Å². The second-order valence-electron chi connectivity index (χ2n) is 4.86. The minimum absolute atomic E-state index is 0.312. The molecular formula is C13H30OSi. The van der Waals surface area contributed by atoms with E-state index in [9.17, 15) is 0 Å². The van der Waals surface area contributed by atoms with E-state index in [2.05, 4.69) is 34.6 Å². The van der Waals surface area contributed by atoms with Gasteiger partial charge in [-0.2, -0.15) is 0 Å². The zero-order valence-electron chi connectivity index (χ0n) is 11.4. The Balaban J connectivity index is 3.90. The number of hydrogen-bond donors (Lipinski definition) is 0. The Morgan fingerprint density at radius 3 is 1.93 bits per heavy atom. The van der Waals surface area contributed by atoms with Gasteiger partial charge in [-0.25, -0.2) is 0 Å². The largest absolute Gasteiger partial charge is 0.424 e. The SMILES string of the molecule is CCCCO[SiH2]C(C(C)CC)C(C)CC. The summed E-state index contributed by atoms with van der Waals surface area (Å²) in [6.07, 6.45) is 5.10. The van der Waals surface area contributed by atoms with Gasteiger partial charge in [0.15, 0.2) is 9.76 Å².